The van der Waals surface area contributed by atoms with Crippen molar-refractivity contribution in [1.29, 1.82) is 0 Å². The van der Waals surface area contributed by atoms with Crippen LogP contribution in [-0.4, -0.2) is 12.6 Å². The Morgan fingerprint density at radius 3 is 1.64 bits per heavy atom. The molecule has 0 aliphatic heterocycles. The van der Waals surface area contributed by atoms with Crippen LogP contribution in [0.25, 0.3) is 0 Å². The zero-order chi connectivity index (χ0) is 9.61. The van der Waals surface area contributed by atoms with E-state index in [2.05, 4.69) is 0 Å². The highest BCUT2D eigenvalue weighted by atomic mass is 79.9. The van der Waals surface area contributed by atoms with Crippen LogP contribution in [0.3, 0.4) is 0 Å². The molecule has 0 aromatic rings. The normalized spacial score (nSPS) is 9.71. The summed E-state index contributed by atoms with van der Waals surface area (Å²) in [5.41, 5.74) is -0.226. The van der Waals surface area contributed by atoms with E-state index < -0.39 is 0 Å². The third-order valence-corrected chi connectivity index (χ3v) is 2.74. The fourth-order valence-electron chi connectivity index (χ4n) is 1.47. The standard InChI is InChI=1S/C10H20O2.BrH.H3N/c1-5-10(6-2,7-3)9(11)12-8-4;;/h5-8H2,1-4H3;1H;1H3. The smallest absolute Gasteiger partial charge is 0.312 e. The predicted molar refractivity (Wildman–Crippen MR) is 65.3 cm³/mol. The van der Waals surface area contributed by atoms with E-state index in [4.69, 9.17) is 4.74 Å². The highest BCUT2D eigenvalue weighted by Gasteiger charge is 2.33. The number of hydrogen-bond acceptors (Lipinski definition) is 3. The Morgan fingerprint density at radius 1 is 1.07 bits per heavy atom. The van der Waals surface area contributed by atoms with Gasteiger partial charge in [0, 0.05) is 0 Å². The molecule has 0 aliphatic rings. The first kappa shape index (κ1) is 19.5. The lowest BCUT2D eigenvalue weighted by Crippen LogP contribution is -2.31. The summed E-state index contributed by atoms with van der Waals surface area (Å²) in [6, 6.07) is 0. The van der Waals surface area contributed by atoms with Crippen molar-refractivity contribution < 1.29 is 9.53 Å². The monoisotopic (exact) mass is 269 g/mol. The molecule has 0 atom stereocenters. The Morgan fingerprint density at radius 2 is 1.43 bits per heavy atom. The summed E-state index contributed by atoms with van der Waals surface area (Å²) in [5, 5.41) is 0. The molecule has 0 fully saturated rings. The van der Waals surface area contributed by atoms with E-state index in [0.29, 0.717) is 6.61 Å². The summed E-state index contributed by atoms with van der Waals surface area (Å²) in [4.78, 5) is 11.5. The maximum atomic E-state index is 11.5. The molecule has 0 spiro atoms. The van der Waals surface area contributed by atoms with Gasteiger partial charge in [0.2, 0.25) is 0 Å². The second-order valence-electron chi connectivity index (χ2n) is 3.06. The number of ether oxygens (including phenoxy) is 1. The number of carbonyl (C=O) groups is 1. The molecule has 0 heterocycles. The van der Waals surface area contributed by atoms with Crippen LogP contribution in [-0.2, 0) is 9.53 Å². The van der Waals surface area contributed by atoms with Crippen molar-refractivity contribution >= 4 is 23.0 Å². The van der Waals surface area contributed by atoms with Gasteiger partial charge in [-0.1, -0.05) is 20.8 Å². The molecule has 0 rings (SSSR count). The minimum absolute atomic E-state index is 0. The molecule has 14 heavy (non-hydrogen) atoms. The molecule has 0 aromatic carbocycles. The fraction of sp³-hybridized carbons (Fsp3) is 0.900. The Balaban J connectivity index is -0.000000605. The Bertz CT molecular complexity index is 139. The van der Waals surface area contributed by atoms with E-state index >= 15 is 0 Å². The summed E-state index contributed by atoms with van der Waals surface area (Å²) in [6.07, 6.45) is 2.62. The second kappa shape index (κ2) is 9.46. The van der Waals surface area contributed by atoms with Gasteiger partial charge in [-0.05, 0) is 26.2 Å². The number of hydrogen-bond donors (Lipinski definition) is 1. The third-order valence-electron chi connectivity index (χ3n) is 2.74. The van der Waals surface area contributed by atoms with Crippen LogP contribution in [0, 0.1) is 5.41 Å². The minimum atomic E-state index is -0.226. The van der Waals surface area contributed by atoms with Gasteiger partial charge in [-0.2, -0.15) is 0 Å². The molecule has 0 radical (unpaired) electrons. The van der Waals surface area contributed by atoms with Gasteiger partial charge in [0.25, 0.3) is 0 Å². The Hall–Kier alpha value is -0.0900. The van der Waals surface area contributed by atoms with Gasteiger partial charge in [-0.25, -0.2) is 0 Å². The number of rotatable bonds is 5. The van der Waals surface area contributed by atoms with Crippen molar-refractivity contribution in [1.82, 2.24) is 6.15 Å². The van der Waals surface area contributed by atoms with Crippen molar-refractivity contribution in [3.05, 3.63) is 0 Å². The summed E-state index contributed by atoms with van der Waals surface area (Å²) >= 11 is 0. The molecular formula is C10H24BrNO2. The largest absolute Gasteiger partial charge is 0.466 e. The average Bonchev–Trinajstić information content (AvgIpc) is 2.09. The van der Waals surface area contributed by atoms with E-state index in [1.807, 2.05) is 27.7 Å². The summed E-state index contributed by atoms with van der Waals surface area (Å²) in [7, 11) is 0. The molecular weight excluding hydrogens is 246 g/mol. The first-order valence-electron chi connectivity index (χ1n) is 4.84. The molecule has 0 amide bonds. The predicted octanol–water partition coefficient (Wildman–Crippen LogP) is 3.51. The molecule has 88 valence electrons. The van der Waals surface area contributed by atoms with E-state index in [1.165, 1.54) is 0 Å². The van der Waals surface area contributed by atoms with Gasteiger partial charge in [0.1, 0.15) is 0 Å². The lowest BCUT2D eigenvalue weighted by Gasteiger charge is -2.27. The maximum Gasteiger partial charge on any atom is 0.312 e. The van der Waals surface area contributed by atoms with Crippen LogP contribution in [0.2, 0.25) is 0 Å². The van der Waals surface area contributed by atoms with Gasteiger partial charge in [-0.15, -0.1) is 17.0 Å². The molecule has 0 aliphatic carbocycles. The second-order valence-corrected chi connectivity index (χ2v) is 3.06. The molecule has 0 unspecified atom stereocenters. The zero-order valence-electron chi connectivity index (χ0n) is 9.76. The highest BCUT2D eigenvalue weighted by molar-refractivity contribution is 8.93. The van der Waals surface area contributed by atoms with E-state index in [-0.39, 0.29) is 34.5 Å². The maximum absolute atomic E-state index is 11.5. The summed E-state index contributed by atoms with van der Waals surface area (Å²) in [6.45, 7) is 8.47. The van der Waals surface area contributed by atoms with Gasteiger partial charge < -0.3 is 10.9 Å². The SMILES string of the molecule is Br.CCOC(=O)C(CC)(CC)CC.N. The first-order chi connectivity index (χ1) is 5.66. The number of halogens is 1. The summed E-state index contributed by atoms with van der Waals surface area (Å²) < 4.78 is 5.04. The fourth-order valence-corrected chi connectivity index (χ4v) is 1.47. The average molecular weight is 270 g/mol. The van der Waals surface area contributed by atoms with Crippen molar-refractivity contribution in [2.45, 2.75) is 47.0 Å². The van der Waals surface area contributed by atoms with Crippen molar-refractivity contribution in [3.8, 4) is 0 Å². The van der Waals surface area contributed by atoms with Gasteiger partial charge >= 0.3 is 5.97 Å². The third kappa shape index (κ3) is 4.42. The number of esters is 1. The molecule has 0 saturated heterocycles. The van der Waals surface area contributed by atoms with Crippen LogP contribution in [0.5, 0.6) is 0 Å². The molecule has 4 heteroatoms. The molecule has 3 N–H and O–H groups in total. The number of carbonyl (C=O) groups excluding carboxylic acids is 1. The molecule has 3 nitrogen and oxygen atoms in total. The minimum Gasteiger partial charge on any atom is -0.466 e. The topological polar surface area (TPSA) is 61.3 Å². The van der Waals surface area contributed by atoms with Crippen molar-refractivity contribution in [2.24, 2.45) is 5.41 Å². The van der Waals surface area contributed by atoms with E-state index in [0.717, 1.165) is 19.3 Å². The quantitative estimate of drug-likeness (QED) is 0.777. The van der Waals surface area contributed by atoms with E-state index in [9.17, 15) is 4.79 Å². The van der Waals surface area contributed by atoms with Gasteiger partial charge in [0.05, 0.1) is 12.0 Å². The Labute approximate surface area is 97.9 Å². The molecule has 0 bridgehead atoms. The van der Waals surface area contributed by atoms with Crippen LogP contribution in [0.1, 0.15) is 47.0 Å². The highest BCUT2D eigenvalue weighted by Crippen LogP contribution is 2.31. The summed E-state index contributed by atoms with van der Waals surface area (Å²) in [5.74, 6) is -0.0301. The van der Waals surface area contributed by atoms with Crippen LogP contribution < -0.4 is 6.15 Å². The van der Waals surface area contributed by atoms with Gasteiger partial charge in [-0.3, -0.25) is 4.79 Å². The lowest BCUT2D eigenvalue weighted by molar-refractivity contribution is -0.156. The lowest BCUT2D eigenvalue weighted by atomic mass is 9.80. The zero-order valence-corrected chi connectivity index (χ0v) is 11.5. The van der Waals surface area contributed by atoms with Gasteiger partial charge in [0.15, 0.2) is 0 Å². The van der Waals surface area contributed by atoms with E-state index in [1.54, 1.807) is 0 Å². The molecule has 0 saturated carbocycles. The molecule has 0 aromatic heterocycles. The van der Waals surface area contributed by atoms with Crippen molar-refractivity contribution in [3.63, 3.8) is 0 Å². The Kier molecular flexibility index (Phi) is 13.2. The van der Waals surface area contributed by atoms with Crippen molar-refractivity contribution in [2.75, 3.05) is 6.61 Å². The first-order valence-corrected chi connectivity index (χ1v) is 4.84. The van der Waals surface area contributed by atoms with Crippen LogP contribution >= 0.6 is 17.0 Å². The van der Waals surface area contributed by atoms with Crippen LogP contribution in [0.15, 0.2) is 0 Å². The van der Waals surface area contributed by atoms with Crippen LogP contribution in [0.4, 0.5) is 0 Å².